The molecule has 0 aliphatic rings. The van der Waals surface area contributed by atoms with Crippen LogP contribution in [0.4, 0.5) is 0 Å². The molecule has 2 rings (SSSR count). The number of phenolic OH excluding ortho intramolecular Hbond substituents is 1. The standard InChI is InChI=1S/C14H18N2O2S/c1-9(15-7-12-8-16-10(2)19-12)13-5-4-11(18-3)6-14(13)17/h4-6,8-9,15,17H,7H2,1-3H3. The minimum absolute atomic E-state index is 0.0633. The number of hydrogen-bond acceptors (Lipinski definition) is 5. The fourth-order valence-electron chi connectivity index (χ4n) is 1.87. The SMILES string of the molecule is COc1ccc(C(C)NCc2cnc(C)s2)c(O)c1. The van der Waals surface area contributed by atoms with Crippen molar-refractivity contribution in [2.45, 2.75) is 26.4 Å². The lowest BCUT2D eigenvalue weighted by Crippen LogP contribution is -2.17. The summed E-state index contributed by atoms with van der Waals surface area (Å²) in [5.41, 5.74) is 0.863. The van der Waals surface area contributed by atoms with Gasteiger partial charge in [0.1, 0.15) is 11.5 Å². The maximum absolute atomic E-state index is 9.96. The van der Waals surface area contributed by atoms with Crippen molar-refractivity contribution in [2.24, 2.45) is 0 Å². The van der Waals surface area contributed by atoms with Crippen LogP contribution in [0.3, 0.4) is 0 Å². The molecule has 0 saturated carbocycles. The van der Waals surface area contributed by atoms with Crippen molar-refractivity contribution in [1.29, 1.82) is 0 Å². The van der Waals surface area contributed by atoms with Crippen LogP contribution < -0.4 is 10.1 Å². The first-order valence-electron chi connectivity index (χ1n) is 6.11. The zero-order valence-electron chi connectivity index (χ0n) is 11.3. The maximum atomic E-state index is 9.96. The van der Waals surface area contributed by atoms with Gasteiger partial charge >= 0.3 is 0 Å². The molecular formula is C14H18N2O2S. The third-order valence-electron chi connectivity index (χ3n) is 2.96. The van der Waals surface area contributed by atoms with Gasteiger partial charge in [0.25, 0.3) is 0 Å². The molecule has 0 saturated heterocycles. The van der Waals surface area contributed by atoms with Crippen molar-refractivity contribution >= 4 is 11.3 Å². The van der Waals surface area contributed by atoms with Gasteiger partial charge in [-0.1, -0.05) is 6.07 Å². The van der Waals surface area contributed by atoms with Crippen LogP contribution in [0.15, 0.2) is 24.4 Å². The van der Waals surface area contributed by atoms with Crippen LogP contribution in [-0.2, 0) is 6.54 Å². The molecule has 1 aromatic carbocycles. The Morgan fingerprint density at radius 3 is 2.84 bits per heavy atom. The lowest BCUT2D eigenvalue weighted by atomic mass is 10.1. The van der Waals surface area contributed by atoms with Gasteiger partial charge in [0.15, 0.2) is 0 Å². The molecule has 0 aliphatic heterocycles. The van der Waals surface area contributed by atoms with E-state index in [0.29, 0.717) is 5.75 Å². The number of benzene rings is 1. The molecule has 0 spiro atoms. The van der Waals surface area contributed by atoms with Gasteiger partial charge in [0.05, 0.1) is 12.1 Å². The number of aromatic hydroxyl groups is 1. The zero-order chi connectivity index (χ0) is 13.8. The Hall–Kier alpha value is -1.59. The lowest BCUT2D eigenvalue weighted by molar-refractivity contribution is 0.404. The van der Waals surface area contributed by atoms with Gasteiger partial charge in [-0.3, -0.25) is 0 Å². The monoisotopic (exact) mass is 278 g/mol. The molecule has 0 fully saturated rings. The Balaban J connectivity index is 2.01. The first kappa shape index (κ1) is 13.8. The fourth-order valence-corrected chi connectivity index (χ4v) is 2.61. The maximum Gasteiger partial charge on any atom is 0.124 e. The van der Waals surface area contributed by atoms with E-state index in [2.05, 4.69) is 10.3 Å². The number of rotatable bonds is 5. The molecule has 102 valence electrons. The van der Waals surface area contributed by atoms with Crippen molar-refractivity contribution in [2.75, 3.05) is 7.11 Å². The van der Waals surface area contributed by atoms with E-state index in [1.165, 1.54) is 4.88 Å². The third kappa shape index (κ3) is 3.45. The second-order valence-corrected chi connectivity index (χ2v) is 5.69. The first-order valence-corrected chi connectivity index (χ1v) is 6.93. The second kappa shape index (κ2) is 6.04. The van der Waals surface area contributed by atoms with Gasteiger partial charge in [-0.15, -0.1) is 11.3 Å². The summed E-state index contributed by atoms with van der Waals surface area (Å²) in [4.78, 5) is 5.41. The van der Waals surface area contributed by atoms with Crippen LogP contribution >= 0.6 is 11.3 Å². The van der Waals surface area contributed by atoms with E-state index in [1.807, 2.05) is 32.2 Å². The summed E-state index contributed by atoms with van der Waals surface area (Å²) < 4.78 is 5.07. The van der Waals surface area contributed by atoms with Gasteiger partial charge < -0.3 is 15.2 Å². The quantitative estimate of drug-likeness (QED) is 0.882. The summed E-state index contributed by atoms with van der Waals surface area (Å²) >= 11 is 1.68. The summed E-state index contributed by atoms with van der Waals surface area (Å²) in [6, 6.07) is 5.42. The molecule has 2 N–H and O–H groups in total. The van der Waals surface area contributed by atoms with E-state index < -0.39 is 0 Å². The second-order valence-electron chi connectivity index (χ2n) is 4.37. The number of hydrogen-bond donors (Lipinski definition) is 2. The van der Waals surface area contributed by atoms with Gasteiger partial charge in [-0.05, 0) is 19.9 Å². The van der Waals surface area contributed by atoms with Crippen molar-refractivity contribution in [3.05, 3.63) is 39.8 Å². The minimum atomic E-state index is 0.0633. The molecule has 5 heteroatoms. The Bertz CT molecular complexity index is 554. The molecule has 1 atom stereocenters. The molecule has 4 nitrogen and oxygen atoms in total. The normalized spacial score (nSPS) is 12.4. The topological polar surface area (TPSA) is 54.4 Å². The minimum Gasteiger partial charge on any atom is -0.507 e. The molecule has 1 aromatic heterocycles. The van der Waals surface area contributed by atoms with Crippen LogP contribution in [0.25, 0.3) is 0 Å². The van der Waals surface area contributed by atoms with Gasteiger partial charge in [-0.25, -0.2) is 4.98 Å². The Labute approximate surface area is 117 Å². The molecule has 0 amide bonds. The van der Waals surface area contributed by atoms with E-state index in [1.54, 1.807) is 24.5 Å². The molecule has 2 aromatic rings. The van der Waals surface area contributed by atoms with Crippen LogP contribution in [0.5, 0.6) is 11.5 Å². The molecule has 19 heavy (non-hydrogen) atoms. The van der Waals surface area contributed by atoms with Gasteiger partial charge in [0, 0.05) is 35.3 Å². The summed E-state index contributed by atoms with van der Waals surface area (Å²) in [7, 11) is 1.59. The number of aromatic nitrogens is 1. The summed E-state index contributed by atoms with van der Waals surface area (Å²) in [6.07, 6.45) is 1.88. The van der Waals surface area contributed by atoms with Crippen molar-refractivity contribution < 1.29 is 9.84 Å². The number of ether oxygens (including phenoxy) is 1. The first-order chi connectivity index (χ1) is 9.10. The van der Waals surface area contributed by atoms with E-state index in [0.717, 1.165) is 17.1 Å². The number of nitrogens with one attached hydrogen (secondary N) is 1. The summed E-state index contributed by atoms with van der Waals surface area (Å²) in [5.74, 6) is 0.909. The Morgan fingerprint density at radius 1 is 1.47 bits per heavy atom. The lowest BCUT2D eigenvalue weighted by Gasteiger charge is -2.15. The summed E-state index contributed by atoms with van der Waals surface area (Å²) in [6.45, 7) is 4.76. The predicted molar refractivity (Wildman–Crippen MR) is 76.8 cm³/mol. The van der Waals surface area contributed by atoms with E-state index in [9.17, 15) is 5.11 Å². The molecule has 0 aliphatic carbocycles. The average Bonchev–Trinajstić information content (AvgIpc) is 2.81. The number of methoxy groups -OCH3 is 1. The highest BCUT2D eigenvalue weighted by Gasteiger charge is 2.11. The van der Waals surface area contributed by atoms with Gasteiger partial charge in [0.2, 0.25) is 0 Å². The fraction of sp³-hybridized carbons (Fsp3) is 0.357. The average molecular weight is 278 g/mol. The third-order valence-corrected chi connectivity index (χ3v) is 3.87. The number of nitrogens with zero attached hydrogens (tertiary/aromatic N) is 1. The number of phenols is 1. The molecular weight excluding hydrogens is 260 g/mol. The van der Waals surface area contributed by atoms with Crippen LogP contribution in [0.1, 0.15) is 28.4 Å². The zero-order valence-corrected chi connectivity index (χ0v) is 12.1. The van der Waals surface area contributed by atoms with E-state index in [4.69, 9.17) is 4.74 Å². The number of aryl methyl sites for hydroxylation is 1. The molecule has 1 unspecified atom stereocenters. The van der Waals surface area contributed by atoms with E-state index >= 15 is 0 Å². The Kier molecular flexibility index (Phi) is 4.39. The van der Waals surface area contributed by atoms with Crippen LogP contribution in [-0.4, -0.2) is 17.2 Å². The molecule has 0 radical (unpaired) electrons. The van der Waals surface area contributed by atoms with Gasteiger partial charge in [-0.2, -0.15) is 0 Å². The number of thiazole rings is 1. The highest BCUT2D eigenvalue weighted by molar-refractivity contribution is 7.11. The van der Waals surface area contributed by atoms with Crippen LogP contribution in [0, 0.1) is 6.92 Å². The Morgan fingerprint density at radius 2 is 2.26 bits per heavy atom. The van der Waals surface area contributed by atoms with Crippen molar-refractivity contribution in [3.8, 4) is 11.5 Å². The highest BCUT2D eigenvalue weighted by atomic mass is 32.1. The van der Waals surface area contributed by atoms with Crippen molar-refractivity contribution in [3.63, 3.8) is 0 Å². The van der Waals surface area contributed by atoms with Crippen molar-refractivity contribution in [1.82, 2.24) is 10.3 Å². The molecule has 0 bridgehead atoms. The predicted octanol–water partition coefficient (Wildman–Crippen LogP) is 3.02. The highest BCUT2D eigenvalue weighted by Crippen LogP contribution is 2.28. The smallest absolute Gasteiger partial charge is 0.124 e. The van der Waals surface area contributed by atoms with Crippen LogP contribution in [0.2, 0.25) is 0 Å². The summed E-state index contributed by atoms with van der Waals surface area (Å²) in [5, 5.41) is 14.4. The van der Waals surface area contributed by atoms with E-state index in [-0.39, 0.29) is 11.8 Å². The molecule has 1 heterocycles. The largest absolute Gasteiger partial charge is 0.507 e.